The lowest BCUT2D eigenvalue weighted by Gasteiger charge is -2.12. The van der Waals surface area contributed by atoms with Gasteiger partial charge < -0.3 is 0 Å². The van der Waals surface area contributed by atoms with Crippen LogP contribution in [0.25, 0.3) is 33.0 Å². The molecule has 0 bridgehead atoms. The number of rotatable bonds is 11. The quantitative estimate of drug-likeness (QED) is 0.146. The summed E-state index contributed by atoms with van der Waals surface area (Å²) in [6.07, 6.45) is 10.5. The fourth-order valence-electron chi connectivity index (χ4n) is 4.76. The van der Waals surface area contributed by atoms with E-state index >= 15 is 13.2 Å². The molecule has 0 aliphatic carbocycles. The van der Waals surface area contributed by atoms with E-state index in [1.54, 1.807) is 24.3 Å². The van der Waals surface area contributed by atoms with Crippen LogP contribution in [0.1, 0.15) is 56.6 Å². The molecule has 0 heterocycles. The first-order chi connectivity index (χ1) is 17.5. The van der Waals surface area contributed by atoms with Crippen LogP contribution < -0.4 is 0 Å². The molecule has 3 heteroatoms. The third-order valence-electron chi connectivity index (χ3n) is 6.82. The van der Waals surface area contributed by atoms with E-state index < -0.39 is 17.5 Å². The van der Waals surface area contributed by atoms with Crippen LogP contribution in [0.5, 0.6) is 0 Å². The van der Waals surface area contributed by atoms with Gasteiger partial charge in [0.15, 0.2) is 0 Å². The van der Waals surface area contributed by atoms with Crippen molar-refractivity contribution in [2.75, 3.05) is 0 Å². The number of fused-ring (bicyclic) bond motifs is 1. The fraction of sp³-hybridized carbons (Fsp3) is 0.273. The zero-order chi connectivity index (χ0) is 25.5. The number of aryl methyl sites for hydroxylation is 2. The lowest BCUT2D eigenvalue weighted by atomic mass is 9.95. The van der Waals surface area contributed by atoms with E-state index in [1.165, 1.54) is 43.4 Å². The molecular weight excluding hydrogens is 453 g/mol. The van der Waals surface area contributed by atoms with Crippen molar-refractivity contribution in [2.24, 2.45) is 0 Å². The highest BCUT2D eigenvalue weighted by Gasteiger charge is 2.17. The van der Waals surface area contributed by atoms with Crippen molar-refractivity contribution < 1.29 is 13.2 Å². The molecule has 4 aromatic rings. The first-order valence-electron chi connectivity index (χ1n) is 12.9. The molecule has 0 aromatic heterocycles. The van der Waals surface area contributed by atoms with Gasteiger partial charge >= 0.3 is 0 Å². The van der Waals surface area contributed by atoms with E-state index in [-0.39, 0.29) is 16.7 Å². The topological polar surface area (TPSA) is 0 Å². The van der Waals surface area contributed by atoms with Crippen molar-refractivity contribution >= 4 is 10.8 Å². The third kappa shape index (κ3) is 5.90. The van der Waals surface area contributed by atoms with Crippen LogP contribution in [0.4, 0.5) is 13.2 Å². The first-order valence-corrected chi connectivity index (χ1v) is 12.9. The van der Waals surface area contributed by atoms with E-state index in [1.807, 2.05) is 36.4 Å². The summed E-state index contributed by atoms with van der Waals surface area (Å²) in [5.41, 5.74) is 3.01. The van der Waals surface area contributed by atoms with Gasteiger partial charge in [-0.3, -0.25) is 0 Å². The largest absolute Gasteiger partial charge is 0.206 e. The molecule has 0 aliphatic rings. The highest BCUT2D eigenvalue weighted by molar-refractivity contribution is 5.89. The second-order valence-corrected chi connectivity index (χ2v) is 9.49. The SMILES string of the molecule is C=CCCc1ccc(-c2c(F)cc(-c3ccc4cc(CCCCCCC)ccc4c3F)cc2F)cc1. The number of allylic oxidation sites excluding steroid dienone is 1. The zero-order valence-corrected chi connectivity index (χ0v) is 20.9. The Balaban J connectivity index is 1.58. The summed E-state index contributed by atoms with van der Waals surface area (Å²) in [5.74, 6) is -1.87. The van der Waals surface area contributed by atoms with Crippen molar-refractivity contribution in [1.29, 1.82) is 0 Å². The predicted octanol–water partition coefficient (Wildman–Crippen LogP) is 10.2. The van der Waals surface area contributed by atoms with Gasteiger partial charge in [0.1, 0.15) is 17.5 Å². The highest BCUT2D eigenvalue weighted by atomic mass is 19.1. The summed E-state index contributed by atoms with van der Waals surface area (Å²) in [6, 6.07) is 18.8. The van der Waals surface area contributed by atoms with Crippen LogP contribution >= 0.6 is 0 Å². The summed E-state index contributed by atoms with van der Waals surface area (Å²) in [6.45, 7) is 5.92. The van der Waals surface area contributed by atoms with E-state index in [4.69, 9.17) is 0 Å². The molecule has 4 rings (SSSR count). The standard InChI is InChI=1S/C33H33F3/c1-3-5-7-8-9-11-24-14-18-28-26(20-24)17-19-29(33(28)36)27-21-30(34)32(31(35)22-27)25-15-12-23(13-16-25)10-6-4-2/h4,12-22H,2-3,5-11H2,1H3. The number of hydrogen-bond donors (Lipinski definition) is 0. The number of hydrogen-bond acceptors (Lipinski definition) is 0. The number of benzene rings is 4. The maximum absolute atomic E-state index is 15.5. The third-order valence-corrected chi connectivity index (χ3v) is 6.82. The summed E-state index contributed by atoms with van der Waals surface area (Å²) < 4.78 is 45.7. The molecule has 0 fully saturated rings. The molecule has 0 N–H and O–H groups in total. The van der Waals surface area contributed by atoms with Gasteiger partial charge in [-0.1, -0.05) is 93.3 Å². The minimum absolute atomic E-state index is 0.0983. The van der Waals surface area contributed by atoms with Crippen LogP contribution in [-0.2, 0) is 12.8 Å². The molecule has 0 saturated heterocycles. The van der Waals surface area contributed by atoms with Crippen molar-refractivity contribution in [3.63, 3.8) is 0 Å². The monoisotopic (exact) mass is 486 g/mol. The molecule has 0 aliphatic heterocycles. The van der Waals surface area contributed by atoms with Crippen molar-refractivity contribution in [3.8, 4) is 22.3 Å². The molecule has 0 atom stereocenters. The second kappa shape index (κ2) is 12.1. The lowest BCUT2D eigenvalue weighted by molar-refractivity contribution is 0.590. The van der Waals surface area contributed by atoms with Gasteiger partial charge in [-0.15, -0.1) is 6.58 Å². The Morgan fingerprint density at radius 3 is 2.08 bits per heavy atom. The molecule has 0 saturated carbocycles. The van der Waals surface area contributed by atoms with Gasteiger partial charge in [0.25, 0.3) is 0 Å². The van der Waals surface area contributed by atoms with Crippen LogP contribution in [0.15, 0.2) is 79.4 Å². The fourth-order valence-corrected chi connectivity index (χ4v) is 4.76. The Labute approximate surface area is 212 Å². The maximum atomic E-state index is 15.5. The Morgan fingerprint density at radius 1 is 0.694 bits per heavy atom. The first kappa shape index (κ1) is 25.8. The van der Waals surface area contributed by atoms with E-state index in [0.29, 0.717) is 10.9 Å². The highest BCUT2D eigenvalue weighted by Crippen LogP contribution is 2.34. The predicted molar refractivity (Wildman–Crippen MR) is 146 cm³/mol. The minimum atomic E-state index is -0.707. The van der Waals surface area contributed by atoms with Crippen LogP contribution in [-0.4, -0.2) is 0 Å². The molecule has 186 valence electrons. The Bertz CT molecular complexity index is 1310. The van der Waals surface area contributed by atoms with Crippen LogP contribution in [0.2, 0.25) is 0 Å². The average molecular weight is 487 g/mol. The van der Waals surface area contributed by atoms with E-state index in [9.17, 15) is 0 Å². The summed E-state index contributed by atoms with van der Waals surface area (Å²) in [7, 11) is 0. The van der Waals surface area contributed by atoms with Gasteiger partial charge in [0.05, 0.1) is 5.56 Å². The molecule has 4 aromatic carbocycles. The Hall–Kier alpha value is -3.33. The van der Waals surface area contributed by atoms with E-state index in [0.717, 1.165) is 36.6 Å². The Morgan fingerprint density at radius 2 is 1.39 bits per heavy atom. The second-order valence-electron chi connectivity index (χ2n) is 9.49. The summed E-state index contributed by atoms with van der Waals surface area (Å²) in [5, 5.41) is 1.26. The van der Waals surface area contributed by atoms with E-state index in [2.05, 4.69) is 13.5 Å². The zero-order valence-electron chi connectivity index (χ0n) is 20.9. The smallest absolute Gasteiger partial charge is 0.138 e. The van der Waals surface area contributed by atoms with Gasteiger partial charge in [0, 0.05) is 10.9 Å². The average Bonchev–Trinajstić information content (AvgIpc) is 2.88. The summed E-state index contributed by atoms with van der Waals surface area (Å²) in [4.78, 5) is 0. The molecular formula is C33H33F3. The molecule has 0 amide bonds. The maximum Gasteiger partial charge on any atom is 0.138 e. The number of unbranched alkanes of at least 4 members (excludes halogenated alkanes) is 4. The van der Waals surface area contributed by atoms with Crippen molar-refractivity contribution in [3.05, 3.63) is 108 Å². The van der Waals surface area contributed by atoms with Crippen LogP contribution in [0, 0.1) is 17.5 Å². The van der Waals surface area contributed by atoms with Gasteiger partial charge in [-0.2, -0.15) is 0 Å². The Kier molecular flexibility index (Phi) is 8.64. The van der Waals surface area contributed by atoms with Crippen LogP contribution in [0.3, 0.4) is 0 Å². The molecule has 36 heavy (non-hydrogen) atoms. The van der Waals surface area contributed by atoms with Gasteiger partial charge in [-0.05, 0) is 65.5 Å². The molecule has 0 unspecified atom stereocenters. The van der Waals surface area contributed by atoms with Gasteiger partial charge in [0.2, 0.25) is 0 Å². The normalized spacial score (nSPS) is 11.2. The molecule has 0 nitrogen and oxygen atoms in total. The van der Waals surface area contributed by atoms with Gasteiger partial charge in [-0.25, -0.2) is 13.2 Å². The lowest BCUT2D eigenvalue weighted by Crippen LogP contribution is -1.95. The number of halogens is 3. The molecule has 0 radical (unpaired) electrons. The minimum Gasteiger partial charge on any atom is -0.206 e. The summed E-state index contributed by atoms with van der Waals surface area (Å²) >= 11 is 0. The van der Waals surface area contributed by atoms with Crippen molar-refractivity contribution in [1.82, 2.24) is 0 Å². The van der Waals surface area contributed by atoms with Crippen molar-refractivity contribution in [2.45, 2.75) is 58.3 Å². The molecule has 0 spiro atoms.